The maximum Gasteiger partial charge on any atom is 0.258 e. The van der Waals surface area contributed by atoms with Gasteiger partial charge in [-0.3, -0.25) is 4.79 Å². The highest BCUT2D eigenvalue weighted by atomic mass is 19.1. The molecule has 0 atom stereocenters. The van der Waals surface area contributed by atoms with Crippen LogP contribution in [-0.4, -0.2) is 31.7 Å². The van der Waals surface area contributed by atoms with E-state index in [1.54, 1.807) is 25.3 Å². The molecule has 0 aliphatic carbocycles. The van der Waals surface area contributed by atoms with Gasteiger partial charge in [0.15, 0.2) is 18.1 Å². The van der Waals surface area contributed by atoms with Crippen LogP contribution in [0.2, 0.25) is 0 Å². The van der Waals surface area contributed by atoms with Crippen molar-refractivity contribution < 1.29 is 18.7 Å². The van der Waals surface area contributed by atoms with Crippen LogP contribution in [-0.2, 0) is 17.8 Å². The number of hydrogen-bond donors (Lipinski definition) is 2. The van der Waals surface area contributed by atoms with E-state index in [2.05, 4.69) is 10.6 Å². The SMILES string of the molecule is COc1cc(CNCCc2ccccc2F)ccc1OCC(=O)NC(C)(C)C. The van der Waals surface area contributed by atoms with E-state index in [0.29, 0.717) is 36.6 Å². The molecule has 0 radical (unpaired) electrons. The number of nitrogens with one attached hydrogen (secondary N) is 2. The summed E-state index contributed by atoms with van der Waals surface area (Å²) in [5.41, 5.74) is 1.41. The number of rotatable bonds is 9. The van der Waals surface area contributed by atoms with E-state index in [0.717, 1.165) is 5.56 Å². The number of carbonyl (C=O) groups excluding carboxylic acids is 1. The lowest BCUT2D eigenvalue weighted by Crippen LogP contribution is -2.43. The minimum absolute atomic E-state index is 0.0755. The molecule has 0 bridgehead atoms. The molecule has 0 fully saturated rings. The van der Waals surface area contributed by atoms with E-state index in [1.165, 1.54) is 6.07 Å². The maximum atomic E-state index is 13.6. The standard InChI is InChI=1S/C22H29FN2O3/c1-22(2,3)25-21(26)15-28-19-10-9-16(13-20(19)27-4)14-24-12-11-17-7-5-6-8-18(17)23/h5-10,13,24H,11-12,14-15H2,1-4H3,(H,25,26). The zero-order chi connectivity index (χ0) is 20.6. The average molecular weight is 388 g/mol. The highest BCUT2D eigenvalue weighted by Gasteiger charge is 2.15. The van der Waals surface area contributed by atoms with Gasteiger partial charge in [-0.1, -0.05) is 24.3 Å². The van der Waals surface area contributed by atoms with Gasteiger partial charge in [0, 0.05) is 12.1 Å². The predicted octanol–water partition coefficient (Wildman–Crippen LogP) is 3.46. The Morgan fingerprint density at radius 3 is 2.54 bits per heavy atom. The fourth-order valence-corrected chi connectivity index (χ4v) is 2.70. The number of amides is 1. The van der Waals surface area contributed by atoms with Crippen molar-refractivity contribution >= 4 is 5.91 Å². The Morgan fingerprint density at radius 1 is 1.11 bits per heavy atom. The van der Waals surface area contributed by atoms with Crippen molar-refractivity contribution in [2.24, 2.45) is 0 Å². The van der Waals surface area contributed by atoms with Crippen LogP contribution in [0.1, 0.15) is 31.9 Å². The van der Waals surface area contributed by atoms with E-state index in [4.69, 9.17) is 9.47 Å². The summed E-state index contributed by atoms with van der Waals surface area (Å²) < 4.78 is 24.6. The summed E-state index contributed by atoms with van der Waals surface area (Å²) in [5.74, 6) is 0.718. The quantitative estimate of drug-likeness (QED) is 0.646. The third-order valence-electron chi connectivity index (χ3n) is 3.96. The van der Waals surface area contributed by atoms with Crippen LogP contribution < -0.4 is 20.1 Å². The molecule has 28 heavy (non-hydrogen) atoms. The Bertz CT molecular complexity index is 788. The van der Waals surface area contributed by atoms with Crippen molar-refractivity contribution in [2.75, 3.05) is 20.3 Å². The van der Waals surface area contributed by atoms with Gasteiger partial charge in [-0.25, -0.2) is 4.39 Å². The molecule has 0 saturated heterocycles. The van der Waals surface area contributed by atoms with Crippen molar-refractivity contribution in [3.63, 3.8) is 0 Å². The summed E-state index contributed by atoms with van der Waals surface area (Å²) in [6, 6.07) is 12.4. The molecule has 5 nitrogen and oxygen atoms in total. The summed E-state index contributed by atoms with van der Waals surface area (Å²) in [6.45, 7) is 6.95. The van der Waals surface area contributed by atoms with Crippen LogP contribution in [0.15, 0.2) is 42.5 Å². The molecule has 0 saturated carbocycles. The van der Waals surface area contributed by atoms with Crippen LogP contribution >= 0.6 is 0 Å². The van der Waals surface area contributed by atoms with Gasteiger partial charge in [-0.2, -0.15) is 0 Å². The molecule has 0 aliphatic rings. The monoisotopic (exact) mass is 388 g/mol. The molecule has 2 rings (SSSR count). The molecule has 0 spiro atoms. The second-order valence-corrected chi connectivity index (χ2v) is 7.59. The third-order valence-corrected chi connectivity index (χ3v) is 3.96. The normalized spacial score (nSPS) is 11.2. The number of carbonyl (C=O) groups is 1. The summed E-state index contributed by atoms with van der Waals surface area (Å²) in [6.07, 6.45) is 0.619. The lowest BCUT2D eigenvalue weighted by molar-refractivity contribution is -0.124. The Morgan fingerprint density at radius 2 is 1.86 bits per heavy atom. The summed E-state index contributed by atoms with van der Waals surface area (Å²) in [4.78, 5) is 11.9. The first-order chi connectivity index (χ1) is 13.3. The molecule has 152 valence electrons. The molecule has 1 amide bonds. The number of hydrogen-bond acceptors (Lipinski definition) is 4. The summed E-state index contributed by atoms with van der Waals surface area (Å²) in [7, 11) is 1.56. The van der Waals surface area contributed by atoms with Gasteiger partial charge in [0.1, 0.15) is 5.82 Å². The van der Waals surface area contributed by atoms with Gasteiger partial charge in [0.05, 0.1) is 7.11 Å². The zero-order valence-corrected chi connectivity index (χ0v) is 17.0. The smallest absolute Gasteiger partial charge is 0.258 e. The van der Waals surface area contributed by atoms with E-state index >= 15 is 0 Å². The van der Waals surface area contributed by atoms with Crippen molar-refractivity contribution in [3.05, 3.63) is 59.4 Å². The highest BCUT2D eigenvalue weighted by molar-refractivity contribution is 5.78. The van der Waals surface area contributed by atoms with Crippen molar-refractivity contribution in [2.45, 2.75) is 39.3 Å². The maximum absolute atomic E-state index is 13.6. The van der Waals surface area contributed by atoms with E-state index < -0.39 is 0 Å². The lowest BCUT2D eigenvalue weighted by atomic mass is 10.1. The molecule has 6 heteroatoms. The summed E-state index contributed by atoms with van der Waals surface area (Å²) >= 11 is 0. The van der Waals surface area contributed by atoms with E-state index in [1.807, 2.05) is 39.0 Å². The number of methoxy groups -OCH3 is 1. The van der Waals surface area contributed by atoms with Crippen LogP contribution in [0, 0.1) is 5.82 Å². The van der Waals surface area contributed by atoms with Crippen LogP contribution in [0.4, 0.5) is 4.39 Å². The lowest BCUT2D eigenvalue weighted by Gasteiger charge is -2.20. The molecular formula is C22H29FN2O3. The van der Waals surface area contributed by atoms with Gasteiger partial charge >= 0.3 is 0 Å². The Hall–Kier alpha value is -2.60. The number of halogens is 1. The highest BCUT2D eigenvalue weighted by Crippen LogP contribution is 2.28. The van der Waals surface area contributed by atoms with Crippen molar-refractivity contribution in [1.29, 1.82) is 0 Å². The second kappa shape index (κ2) is 10.1. The van der Waals surface area contributed by atoms with E-state index in [9.17, 15) is 9.18 Å². The number of ether oxygens (including phenoxy) is 2. The predicted molar refractivity (Wildman–Crippen MR) is 108 cm³/mol. The molecule has 0 unspecified atom stereocenters. The Balaban J connectivity index is 1.84. The molecule has 0 heterocycles. The van der Waals surface area contributed by atoms with Gasteiger partial charge < -0.3 is 20.1 Å². The number of benzene rings is 2. The topological polar surface area (TPSA) is 59.6 Å². The molecule has 0 aliphatic heterocycles. The first-order valence-electron chi connectivity index (χ1n) is 9.33. The van der Waals surface area contributed by atoms with Crippen LogP contribution in [0.3, 0.4) is 0 Å². The van der Waals surface area contributed by atoms with Gasteiger partial charge in [-0.15, -0.1) is 0 Å². The van der Waals surface area contributed by atoms with Crippen LogP contribution in [0.25, 0.3) is 0 Å². The fraction of sp³-hybridized carbons (Fsp3) is 0.409. The zero-order valence-electron chi connectivity index (χ0n) is 17.0. The minimum Gasteiger partial charge on any atom is -0.493 e. The Labute approximate surface area is 166 Å². The average Bonchev–Trinajstić information content (AvgIpc) is 2.63. The van der Waals surface area contributed by atoms with Gasteiger partial charge in [-0.05, 0) is 63.1 Å². The molecule has 0 aromatic heterocycles. The summed E-state index contributed by atoms with van der Waals surface area (Å²) in [5, 5.41) is 6.15. The fourth-order valence-electron chi connectivity index (χ4n) is 2.70. The van der Waals surface area contributed by atoms with E-state index in [-0.39, 0.29) is 23.9 Å². The third kappa shape index (κ3) is 7.19. The molecule has 2 aromatic rings. The first kappa shape index (κ1) is 21.7. The second-order valence-electron chi connectivity index (χ2n) is 7.59. The molecular weight excluding hydrogens is 359 g/mol. The first-order valence-corrected chi connectivity index (χ1v) is 9.33. The van der Waals surface area contributed by atoms with Gasteiger partial charge in [0.25, 0.3) is 5.91 Å². The molecule has 2 N–H and O–H groups in total. The minimum atomic E-state index is -0.303. The van der Waals surface area contributed by atoms with Crippen molar-refractivity contribution in [3.8, 4) is 11.5 Å². The largest absolute Gasteiger partial charge is 0.493 e. The van der Waals surface area contributed by atoms with Gasteiger partial charge in [0.2, 0.25) is 0 Å². The van der Waals surface area contributed by atoms with Crippen LogP contribution in [0.5, 0.6) is 11.5 Å². The van der Waals surface area contributed by atoms with Crippen molar-refractivity contribution in [1.82, 2.24) is 10.6 Å². The Kier molecular flexibility index (Phi) is 7.81. The molecule has 2 aromatic carbocycles.